The zero-order chi connectivity index (χ0) is 19.2. The fourth-order valence-electron chi connectivity index (χ4n) is 2.17. The summed E-state index contributed by atoms with van der Waals surface area (Å²) in [5, 5.41) is 0. The number of ether oxygens (including phenoxy) is 3. The number of sulfone groups is 1. The molecule has 0 fully saturated rings. The second-order valence-corrected chi connectivity index (χ2v) is 7.66. The molecule has 0 saturated heterocycles. The van der Waals surface area contributed by atoms with Crippen LogP contribution in [0.25, 0.3) is 0 Å². The molecule has 6 nitrogen and oxygen atoms in total. The SMILES string of the molecule is CCOC(=O)COc1ccc(S(=O)(=O)c2ccc(OC(C)C)cc2)cc1. The Labute approximate surface area is 153 Å². The van der Waals surface area contributed by atoms with Crippen LogP contribution in [-0.4, -0.2) is 33.7 Å². The van der Waals surface area contributed by atoms with Gasteiger partial charge in [0.25, 0.3) is 0 Å². The first-order valence-corrected chi connectivity index (χ1v) is 9.71. The molecule has 0 bridgehead atoms. The van der Waals surface area contributed by atoms with Crippen LogP contribution in [0.1, 0.15) is 20.8 Å². The summed E-state index contributed by atoms with van der Waals surface area (Å²) in [4.78, 5) is 11.6. The average molecular weight is 378 g/mol. The van der Waals surface area contributed by atoms with Crippen molar-refractivity contribution in [3.63, 3.8) is 0 Å². The molecule has 0 aliphatic rings. The maximum atomic E-state index is 12.7. The number of benzene rings is 2. The van der Waals surface area contributed by atoms with Crippen LogP contribution in [0.3, 0.4) is 0 Å². The summed E-state index contributed by atoms with van der Waals surface area (Å²) in [6.45, 7) is 5.56. The Kier molecular flexibility index (Phi) is 6.63. The van der Waals surface area contributed by atoms with E-state index in [1.807, 2.05) is 13.8 Å². The van der Waals surface area contributed by atoms with Crippen LogP contribution in [0.4, 0.5) is 0 Å². The fourth-order valence-corrected chi connectivity index (χ4v) is 3.43. The van der Waals surface area contributed by atoms with E-state index in [4.69, 9.17) is 14.2 Å². The zero-order valence-corrected chi connectivity index (χ0v) is 15.8. The van der Waals surface area contributed by atoms with Crippen molar-refractivity contribution >= 4 is 15.8 Å². The second-order valence-electron chi connectivity index (χ2n) is 5.71. The number of esters is 1. The van der Waals surface area contributed by atoms with Crippen LogP contribution in [0, 0.1) is 0 Å². The third kappa shape index (κ3) is 5.23. The van der Waals surface area contributed by atoms with E-state index >= 15 is 0 Å². The Hall–Kier alpha value is -2.54. The number of carbonyl (C=O) groups is 1. The first-order chi connectivity index (χ1) is 12.3. The lowest BCUT2D eigenvalue weighted by atomic mass is 10.3. The van der Waals surface area contributed by atoms with E-state index in [0.29, 0.717) is 11.5 Å². The predicted octanol–water partition coefficient (Wildman–Crippen LogP) is 3.25. The zero-order valence-electron chi connectivity index (χ0n) is 15.0. The minimum absolute atomic E-state index is 0.0135. The Morgan fingerprint density at radius 3 is 1.88 bits per heavy atom. The lowest BCUT2D eigenvalue weighted by Gasteiger charge is -2.11. The number of carbonyl (C=O) groups excluding carboxylic acids is 1. The molecular formula is C19H22O6S. The lowest BCUT2D eigenvalue weighted by Crippen LogP contribution is -2.14. The van der Waals surface area contributed by atoms with Crippen molar-refractivity contribution in [1.82, 2.24) is 0 Å². The molecule has 0 heterocycles. The molecule has 0 spiro atoms. The van der Waals surface area contributed by atoms with Gasteiger partial charge < -0.3 is 14.2 Å². The molecule has 2 aromatic rings. The molecule has 0 amide bonds. The van der Waals surface area contributed by atoms with Crippen molar-refractivity contribution in [2.45, 2.75) is 36.7 Å². The van der Waals surface area contributed by atoms with Gasteiger partial charge in [-0.1, -0.05) is 0 Å². The quantitative estimate of drug-likeness (QED) is 0.656. The molecular weight excluding hydrogens is 356 g/mol. The Bertz CT molecular complexity index is 823. The van der Waals surface area contributed by atoms with Crippen molar-refractivity contribution in [1.29, 1.82) is 0 Å². The summed E-state index contributed by atoms with van der Waals surface area (Å²) in [5.74, 6) is 0.521. The van der Waals surface area contributed by atoms with Crippen LogP contribution < -0.4 is 9.47 Å². The van der Waals surface area contributed by atoms with Crippen molar-refractivity contribution in [3.05, 3.63) is 48.5 Å². The highest BCUT2D eigenvalue weighted by molar-refractivity contribution is 7.91. The van der Waals surface area contributed by atoms with Gasteiger partial charge in [-0.25, -0.2) is 13.2 Å². The van der Waals surface area contributed by atoms with E-state index in [9.17, 15) is 13.2 Å². The minimum Gasteiger partial charge on any atom is -0.491 e. The van der Waals surface area contributed by atoms with Gasteiger partial charge in [0.1, 0.15) is 11.5 Å². The van der Waals surface area contributed by atoms with Gasteiger partial charge in [0.15, 0.2) is 6.61 Å². The van der Waals surface area contributed by atoms with Gasteiger partial charge in [-0.05, 0) is 69.3 Å². The highest BCUT2D eigenvalue weighted by Gasteiger charge is 2.18. The molecule has 0 aliphatic carbocycles. The third-order valence-corrected chi connectivity index (χ3v) is 5.09. The number of hydrogen-bond acceptors (Lipinski definition) is 6. The van der Waals surface area contributed by atoms with Crippen molar-refractivity contribution in [2.24, 2.45) is 0 Å². The molecule has 0 radical (unpaired) electrons. The second kappa shape index (κ2) is 8.71. The molecule has 140 valence electrons. The van der Waals surface area contributed by atoms with Crippen LogP contribution >= 0.6 is 0 Å². The Morgan fingerprint density at radius 2 is 1.42 bits per heavy atom. The van der Waals surface area contributed by atoms with Crippen LogP contribution in [-0.2, 0) is 19.4 Å². The van der Waals surface area contributed by atoms with Gasteiger partial charge in [0.05, 0.1) is 22.5 Å². The van der Waals surface area contributed by atoms with E-state index in [1.54, 1.807) is 19.1 Å². The molecule has 0 aliphatic heterocycles. The summed E-state index contributed by atoms with van der Waals surface area (Å²) in [7, 11) is -3.64. The fraction of sp³-hybridized carbons (Fsp3) is 0.316. The Morgan fingerprint density at radius 1 is 0.923 bits per heavy atom. The van der Waals surface area contributed by atoms with Crippen molar-refractivity contribution in [2.75, 3.05) is 13.2 Å². The van der Waals surface area contributed by atoms with Gasteiger partial charge >= 0.3 is 5.97 Å². The summed E-state index contributed by atoms with van der Waals surface area (Å²) >= 11 is 0. The molecule has 0 unspecified atom stereocenters. The van der Waals surface area contributed by atoms with E-state index in [1.165, 1.54) is 36.4 Å². The number of rotatable bonds is 8. The van der Waals surface area contributed by atoms with Crippen molar-refractivity contribution in [3.8, 4) is 11.5 Å². The smallest absolute Gasteiger partial charge is 0.344 e. The summed E-state index contributed by atoms with van der Waals surface area (Å²) in [6.07, 6.45) is 0.0135. The van der Waals surface area contributed by atoms with Gasteiger partial charge in [-0.15, -0.1) is 0 Å². The maximum Gasteiger partial charge on any atom is 0.344 e. The van der Waals surface area contributed by atoms with Gasteiger partial charge in [0, 0.05) is 0 Å². The molecule has 0 N–H and O–H groups in total. The van der Waals surface area contributed by atoms with Crippen LogP contribution in [0.2, 0.25) is 0 Å². The van der Waals surface area contributed by atoms with E-state index in [0.717, 1.165) is 0 Å². The molecule has 26 heavy (non-hydrogen) atoms. The number of hydrogen-bond donors (Lipinski definition) is 0. The predicted molar refractivity (Wildman–Crippen MR) is 96.2 cm³/mol. The van der Waals surface area contributed by atoms with Crippen LogP contribution in [0.15, 0.2) is 58.3 Å². The monoisotopic (exact) mass is 378 g/mol. The standard InChI is InChI=1S/C19H22O6S/c1-4-23-19(20)13-24-15-5-9-17(10-6-15)26(21,22)18-11-7-16(8-12-18)25-14(2)3/h5-12,14H,4,13H2,1-3H3. The van der Waals surface area contributed by atoms with E-state index in [2.05, 4.69) is 0 Å². The summed E-state index contributed by atoms with van der Waals surface area (Å²) < 4.78 is 40.9. The molecule has 2 aromatic carbocycles. The lowest BCUT2D eigenvalue weighted by molar-refractivity contribution is -0.145. The molecule has 2 rings (SSSR count). The third-order valence-electron chi connectivity index (χ3n) is 3.30. The molecule has 7 heteroatoms. The summed E-state index contributed by atoms with van der Waals surface area (Å²) in [5.41, 5.74) is 0. The molecule has 0 aromatic heterocycles. The molecule has 0 saturated carbocycles. The first kappa shape index (κ1) is 19.8. The maximum absolute atomic E-state index is 12.7. The van der Waals surface area contributed by atoms with Crippen LogP contribution in [0.5, 0.6) is 11.5 Å². The van der Waals surface area contributed by atoms with Gasteiger partial charge in [0.2, 0.25) is 9.84 Å². The van der Waals surface area contributed by atoms with Crippen molar-refractivity contribution < 1.29 is 27.4 Å². The highest BCUT2D eigenvalue weighted by atomic mass is 32.2. The van der Waals surface area contributed by atoms with Gasteiger partial charge in [-0.2, -0.15) is 0 Å². The Balaban J connectivity index is 2.10. The topological polar surface area (TPSA) is 78.9 Å². The largest absolute Gasteiger partial charge is 0.491 e. The van der Waals surface area contributed by atoms with Gasteiger partial charge in [-0.3, -0.25) is 0 Å². The normalized spacial score (nSPS) is 11.2. The molecule has 0 atom stereocenters. The highest BCUT2D eigenvalue weighted by Crippen LogP contribution is 2.25. The minimum atomic E-state index is -3.64. The summed E-state index contributed by atoms with van der Waals surface area (Å²) in [6, 6.07) is 12.2. The first-order valence-electron chi connectivity index (χ1n) is 8.23. The average Bonchev–Trinajstić information content (AvgIpc) is 2.60. The van der Waals surface area contributed by atoms with E-state index < -0.39 is 15.8 Å². The van der Waals surface area contributed by atoms with E-state index in [-0.39, 0.29) is 29.1 Å².